The number of likely N-dealkylation sites (tertiary alicyclic amines) is 1. The molecular formula is C34H47N3O7. The van der Waals surface area contributed by atoms with Gasteiger partial charge in [-0.3, -0.25) is 19.2 Å². The van der Waals surface area contributed by atoms with Crippen molar-refractivity contribution in [1.82, 2.24) is 15.1 Å². The lowest BCUT2D eigenvalue weighted by molar-refractivity contribution is -0.152. The molecule has 2 bridgehead atoms. The molecule has 1 aromatic rings. The average molecular weight is 610 g/mol. The predicted molar refractivity (Wildman–Crippen MR) is 165 cm³/mol. The highest BCUT2D eigenvalue weighted by Gasteiger charge is 2.75. The third-order valence-electron chi connectivity index (χ3n) is 9.34. The summed E-state index contributed by atoms with van der Waals surface area (Å²) in [6.07, 6.45) is 6.07. The number of fused-ring (bicyclic) bond motifs is 1. The second-order valence-electron chi connectivity index (χ2n) is 12.2. The van der Waals surface area contributed by atoms with E-state index < -0.39 is 53.5 Å². The van der Waals surface area contributed by atoms with Crippen molar-refractivity contribution in [3.8, 4) is 0 Å². The van der Waals surface area contributed by atoms with Gasteiger partial charge in [0, 0.05) is 19.0 Å². The monoisotopic (exact) mass is 609 g/mol. The number of ether oxygens (including phenoxy) is 2. The molecule has 10 nitrogen and oxygen atoms in total. The van der Waals surface area contributed by atoms with E-state index >= 15 is 0 Å². The molecule has 1 unspecified atom stereocenters. The first-order valence-electron chi connectivity index (χ1n) is 15.8. The lowest BCUT2D eigenvalue weighted by atomic mass is 9.70. The van der Waals surface area contributed by atoms with Gasteiger partial charge in [0.15, 0.2) is 0 Å². The maximum absolute atomic E-state index is 14.4. The van der Waals surface area contributed by atoms with E-state index in [2.05, 4.69) is 25.4 Å². The van der Waals surface area contributed by atoms with Crippen LogP contribution in [0.3, 0.4) is 0 Å². The number of esters is 1. The minimum Gasteiger partial charge on any atom is -0.463 e. The number of hydrogen-bond donors (Lipinski definition) is 2. The van der Waals surface area contributed by atoms with Crippen LogP contribution < -0.4 is 5.32 Å². The van der Waals surface area contributed by atoms with Gasteiger partial charge in [-0.15, -0.1) is 13.2 Å². The molecule has 3 saturated heterocycles. The van der Waals surface area contributed by atoms with Crippen LogP contribution in [0.2, 0.25) is 0 Å². The van der Waals surface area contributed by atoms with Crippen molar-refractivity contribution in [1.29, 1.82) is 0 Å². The largest absolute Gasteiger partial charge is 0.463 e. The number of nitrogens with zero attached hydrogens (tertiary/aromatic N) is 2. The zero-order valence-corrected chi connectivity index (χ0v) is 26.2. The molecule has 2 N–H and O–H groups in total. The average Bonchev–Trinajstić information content (AvgIpc) is 3.67. The van der Waals surface area contributed by atoms with E-state index in [1.54, 1.807) is 24.0 Å². The Hall–Kier alpha value is -3.50. The van der Waals surface area contributed by atoms with Gasteiger partial charge in [-0.25, -0.2) is 0 Å². The van der Waals surface area contributed by atoms with E-state index in [4.69, 9.17) is 9.47 Å². The van der Waals surface area contributed by atoms with E-state index in [1.165, 1.54) is 4.90 Å². The van der Waals surface area contributed by atoms with Crippen molar-refractivity contribution < 1.29 is 33.8 Å². The summed E-state index contributed by atoms with van der Waals surface area (Å²) in [5, 5.41) is 13.2. The molecule has 1 spiro atoms. The summed E-state index contributed by atoms with van der Waals surface area (Å²) in [6.45, 7) is 13.1. The van der Waals surface area contributed by atoms with E-state index in [0.29, 0.717) is 25.8 Å². The zero-order valence-electron chi connectivity index (χ0n) is 26.2. The molecule has 3 aliphatic heterocycles. The second-order valence-corrected chi connectivity index (χ2v) is 12.2. The first-order valence-corrected chi connectivity index (χ1v) is 15.8. The van der Waals surface area contributed by atoms with E-state index in [1.807, 2.05) is 37.3 Å². The summed E-state index contributed by atoms with van der Waals surface area (Å²) >= 11 is 0. The maximum Gasteiger partial charge on any atom is 0.306 e. The minimum atomic E-state index is -1.19. The number of aliphatic hydroxyl groups excluding tert-OH is 1. The van der Waals surface area contributed by atoms with Crippen molar-refractivity contribution >= 4 is 23.7 Å². The van der Waals surface area contributed by atoms with Crippen LogP contribution in [0.5, 0.6) is 0 Å². The molecule has 8 atom stereocenters. The molecule has 1 aromatic carbocycles. The van der Waals surface area contributed by atoms with E-state index in [9.17, 15) is 24.3 Å². The van der Waals surface area contributed by atoms with Gasteiger partial charge in [0.1, 0.15) is 18.2 Å². The third-order valence-corrected chi connectivity index (χ3v) is 9.34. The van der Waals surface area contributed by atoms with Crippen molar-refractivity contribution in [2.24, 2.45) is 11.8 Å². The van der Waals surface area contributed by atoms with Crippen LogP contribution in [0.15, 0.2) is 55.6 Å². The molecule has 240 valence electrons. The number of nitrogens with one attached hydrogen (secondary N) is 1. The quantitative estimate of drug-likeness (QED) is 0.218. The van der Waals surface area contributed by atoms with Gasteiger partial charge in [-0.05, 0) is 45.1 Å². The van der Waals surface area contributed by atoms with Crippen LogP contribution in [0.1, 0.15) is 70.9 Å². The molecular weight excluding hydrogens is 562 g/mol. The topological polar surface area (TPSA) is 125 Å². The van der Waals surface area contributed by atoms with Crippen LogP contribution in [0.25, 0.3) is 0 Å². The Kier molecular flexibility index (Phi) is 11.0. The summed E-state index contributed by atoms with van der Waals surface area (Å²) in [7, 11) is 0. The normalized spacial score (nSPS) is 27.3. The summed E-state index contributed by atoms with van der Waals surface area (Å²) < 4.78 is 12.1. The smallest absolute Gasteiger partial charge is 0.306 e. The number of rotatable bonds is 16. The fraction of sp³-hybridized carbons (Fsp3) is 0.588. The Labute approximate surface area is 260 Å². The molecule has 44 heavy (non-hydrogen) atoms. The van der Waals surface area contributed by atoms with Gasteiger partial charge in [0.05, 0.1) is 36.6 Å². The second kappa shape index (κ2) is 14.5. The number of carbonyl (C=O) groups is 4. The first kappa shape index (κ1) is 33.4. The highest BCUT2D eigenvalue weighted by atomic mass is 16.5. The van der Waals surface area contributed by atoms with E-state index in [0.717, 1.165) is 18.4 Å². The highest BCUT2D eigenvalue weighted by Crippen LogP contribution is 2.59. The van der Waals surface area contributed by atoms with Crippen LogP contribution >= 0.6 is 0 Å². The van der Waals surface area contributed by atoms with Crippen molar-refractivity contribution in [2.45, 2.75) is 95.2 Å². The molecule has 0 radical (unpaired) electrons. The molecule has 4 rings (SSSR count). The number of hydrogen-bond acceptors (Lipinski definition) is 7. The fourth-order valence-electron chi connectivity index (χ4n) is 7.23. The molecule has 10 heteroatoms. The summed E-state index contributed by atoms with van der Waals surface area (Å²) in [5.41, 5.74) is -0.433. The maximum atomic E-state index is 14.4. The van der Waals surface area contributed by atoms with Crippen LogP contribution in [-0.2, 0) is 28.7 Å². The predicted octanol–water partition coefficient (Wildman–Crippen LogP) is 3.31. The van der Waals surface area contributed by atoms with Gasteiger partial charge in [0.25, 0.3) is 0 Å². The highest BCUT2D eigenvalue weighted by molar-refractivity contribution is 5.99. The lowest BCUT2D eigenvalue weighted by Gasteiger charge is -2.40. The van der Waals surface area contributed by atoms with Gasteiger partial charge in [0.2, 0.25) is 17.7 Å². The lowest BCUT2D eigenvalue weighted by Crippen LogP contribution is -2.59. The van der Waals surface area contributed by atoms with Gasteiger partial charge in [-0.2, -0.15) is 0 Å². The SMILES string of the molecule is C=CCCC(=O)OC[C@@H](NC(=O)[C@@H]1[C@H]2C(=O)N([C@H](C)CO)[C@H](C(=O)N(CC=C)C(C)CCC)[C@]23CC[C@H]1O3)c1ccccc1. The van der Waals surface area contributed by atoms with Gasteiger partial charge < -0.3 is 29.7 Å². The van der Waals surface area contributed by atoms with Gasteiger partial charge >= 0.3 is 5.97 Å². The molecule has 0 aromatic heterocycles. The van der Waals surface area contributed by atoms with Crippen molar-refractivity contribution in [3.05, 3.63) is 61.2 Å². The minimum absolute atomic E-state index is 0.0751. The van der Waals surface area contributed by atoms with Crippen molar-refractivity contribution in [3.63, 3.8) is 0 Å². The van der Waals surface area contributed by atoms with Crippen LogP contribution in [-0.4, -0.2) is 88.2 Å². The zero-order chi connectivity index (χ0) is 32.0. The molecule has 3 heterocycles. The summed E-state index contributed by atoms with van der Waals surface area (Å²) in [6, 6.07) is 6.84. The van der Waals surface area contributed by atoms with Crippen LogP contribution in [0.4, 0.5) is 0 Å². The van der Waals surface area contributed by atoms with Crippen LogP contribution in [0, 0.1) is 11.8 Å². The summed E-state index contributed by atoms with van der Waals surface area (Å²) in [5.74, 6) is -3.13. The molecule has 3 aliphatic rings. The number of benzene rings is 1. The van der Waals surface area contributed by atoms with Crippen molar-refractivity contribution in [2.75, 3.05) is 19.8 Å². The number of allylic oxidation sites excluding steroid dienone is 1. The number of aliphatic hydroxyl groups is 1. The fourth-order valence-corrected chi connectivity index (χ4v) is 7.23. The third kappa shape index (κ3) is 6.33. The Morgan fingerprint density at radius 3 is 2.59 bits per heavy atom. The van der Waals surface area contributed by atoms with Gasteiger partial charge in [-0.1, -0.05) is 55.8 Å². The molecule has 0 saturated carbocycles. The Morgan fingerprint density at radius 1 is 1.23 bits per heavy atom. The molecule has 3 amide bonds. The molecule has 0 aliphatic carbocycles. The number of amides is 3. The summed E-state index contributed by atoms with van der Waals surface area (Å²) in [4.78, 5) is 58.2. The standard InChI is InChI=1S/C34H47N3O7/c1-6-9-16-27(39)43-21-25(24-14-11-10-12-15-24)35-31(40)28-26-17-18-34(44-26)29(28)32(41)37(23(5)20-38)30(34)33(42)36(19-8-3)22(4)13-7-2/h6,8,10-12,14-15,22-23,25-26,28-30,38H,1,3,7,9,13,16-21H2,2,4-5H3,(H,35,40)/t22?,23-,25-,26-,28+,29+,30-,34+/m1/s1. The number of carbonyl (C=O) groups excluding carboxylic acids is 4. The Bertz CT molecular complexity index is 1220. The first-order chi connectivity index (χ1) is 21.1. The van der Waals surface area contributed by atoms with E-state index in [-0.39, 0.29) is 37.5 Å². The Balaban J connectivity index is 1.64. The Morgan fingerprint density at radius 2 is 1.95 bits per heavy atom. The molecule has 3 fully saturated rings.